The normalized spacial score (nSPS) is 11.4. The summed E-state index contributed by atoms with van der Waals surface area (Å²) in [7, 11) is 1.16. The largest absolute Gasteiger partial charge is 0.398 e. The van der Waals surface area contributed by atoms with Gasteiger partial charge in [0, 0.05) is 18.6 Å². The second kappa shape index (κ2) is 12.1. The van der Waals surface area contributed by atoms with Crippen molar-refractivity contribution in [1.29, 1.82) is 0 Å². The van der Waals surface area contributed by atoms with E-state index in [2.05, 4.69) is 0 Å². The lowest BCUT2D eigenvalue weighted by Crippen LogP contribution is -2.49. The number of hydrogen-bond donors (Lipinski definition) is 0. The van der Waals surface area contributed by atoms with Crippen LogP contribution in [0.5, 0.6) is 0 Å². The maximum Gasteiger partial charge on any atom is 0.398 e. The predicted molar refractivity (Wildman–Crippen MR) is 112 cm³/mol. The molecule has 0 aliphatic rings. The first-order valence-corrected chi connectivity index (χ1v) is 10.6. The topological polar surface area (TPSA) is 59.1 Å². The zero-order valence-corrected chi connectivity index (χ0v) is 18.8. The van der Waals surface area contributed by atoms with Crippen LogP contribution in [0.3, 0.4) is 0 Å². The number of methoxy groups -OCH3 is 1. The summed E-state index contributed by atoms with van der Waals surface area (Å²) in [6, 6.07) is 4.40. The van der Waals surface area contributed by atoms with E-state index in [0.29, 0.717) is 21.6 Å². The van der Waals surface area contributed by atoms with Crippen molar-refractivity contribution in [1.82, 2.24) is 4.90 Å². The number of carbonyl (C=O) groups excluding carboxylic acids is 2. The van der Waals surface area contributed by atoms with Gasteiger partial charge in [0.2, 0.25) is 0 Å². The van der Waals surface area contributed by atoms with E-state index in [1.54, 1.807) is 6.92 Å². The minimum absolute atomic E-state index is 0.0284. The van der Waals surface area contributed by atoms with Gasteiger partial charge >= 0.3 is 12.2 Å². The van der Waals surface area contributed by atoms with Crippen molar-refractivity contribution < 1.29 is 45.4 Å². The van der Waals surface area contributed by atoms with E-state index in [-0.39, 0.29) is 11.5 Å². The number of anilines is 1. The van der Waals surface area contributed by atoms with Crippen LogP contribution in [0.15, 0.2) is 41.3 Å². The van der Waals surface area contributed by atoms with Gasteiger partial charge in [0.15, 0.2) is 0 Å². The van der Waals surface area contributed by atoms with Crippen molar-refractivity contribution in [2.75, 3.05) is 37.8 Å². The average Bonchev–Trinajstić information content (AvgIpc) is 2.76. The van der Waals surface area contributed by atoms with Gasteiger partial charge in [-0.25, -0.2) is 22.9 Å². The summed E-state index contributed by atoms with van der Waals surface area (Å²) in [4.78, 5) is 27.0. The molecule has 13 heteroatoms. The Labute approximate surface area is 195 Å². The second-order valence-corrected chi connectivity index (χ2v) is 7.65. The van der Waals surface area contributed by atoms with Crippen molar-refractivity contribution >= 4 is 29.4 Å². The molecule has 3 amide bonds. The van der Waals surface area contributed by atoms with Crippen molar-refractivity contribution in [2.24, 2.45) is 0 Å². The van der Waals surface area contributed by atoms with Gasteiger partial charge in [-0.1, -0.05) is 6.07 Å². The summed E-state index contributed by atoms with van der Waals surface area (Å²) < 4.78 is 90.4. The maximum absolute atomic E-state index is 14.8. The predicted octanol–water partition coefficient (Wildman–Crippen LogP) is 5.43. The van der Waals surface area contributed by atoms with E-state index in [1.165, 1.54) is 0 Å². The van der Waals surface area contributed by atoms with Crippen LogP contribution in [0.25, 0.3) is 0 Å². The molecular formula is C21H20F6N2O4S. The quantitative estimate of drug-likeness (QED) is 0.256. The van der Waals surface area contributed by atoms with Crippen molar-refractivity contribution in [3.63, 3.8) is 0 Å². The first-order valence-electron chi connectivity index (χ1n) is 9.63. The van der Waals surface area contributed by atoms with Gasteiger partial charge in [-0.3, -0.25) is 9.69 Å². The SMILES string of the molecule is CCOCN(C(=O)c1c(F)cccc1F)C(=O)N(COC)c1ccc(SCC(F)(F)F)cc1F. The fourth-order valence-corrected chi connectivity index (χ4v) is 3.37. The van der Waals surface area contributed by atoms with Gasteiger partial charge in [0.25, 0.3) is 5.91 Å². The summed E-state index contributed by atoms with van der Waals surface area (Å²) in [5.74, 6) is -6.17. The molecule has 6 nitrogen and oxygen atoms in total. The van der Waals surface area contributed by atoms with Gasteiger partial charge in [-0.05, 0) is 37.3 Å². The number of hydrogen-bond acceptors (Lipinski definition) is 5. The van der Waals surface area contributed by atoms with Crippen LogP contribution in [0, 0.1) is 17.5 Å². The number of benzene rings is 2. The second-order valence-electron chi connectivity index (χ2n) is 6.60. The molecule has 186 valence electrons. The number of thioether (sulfide) groups is 1. The Kier molecular flexibility index (Phi) is 9.77. The van der Waals surface area contributed by atoms with Gasteiger partial charge < -0.3 is 9.47 Å². The number of urea groups is 1. The third kappa shape index (κ3) is 7.11. The molecule has 0 aromatic heterocycles. The molecule has 0 radical (unpaired) electrons. The molecule has 0 aliphatic carbocycles. The zero-order chi connectivity index (χ0) is 25.5. The molecule has 0 aliphatic heterocycles. The van der Waals surface area contributed by atoms with E-state index >= 15 is 0 Å². The fraction of sp³-hybridized carbons (Fsp3) is 0.333. The van der Waals surface area contributed by atoms with Crippen LogP contribution in [0.1, 0.15) is 17.3 Å². The van der Waals surface area contributed by atoms with Crippen LogP contribution in [0.4, 0.5) is 36.8 Å². The van der Waals surface area contributed by atoms with Gasteiger partial charge in [0.05, 0.1) is 11.4 Å². The first kappa shape index (κ1) is 27.5. The molecule has 0 atom stereocenters. The molecule has 0 fully saturated rings. The highest BCUT2D eigenvalue weighted by atomic mass is 32.2. The lowest BCUT2D eigenvalue weighted by atomic mass is 10.1. The Balaban J connectivity index is 2.41. The van der Waals surface area contributed by atoms with Crippen LogP contribution in [-0.4, -0.2) is 55.9 Å². The van der Waals surface area contributed by atoms with Crippen LogP contribution in [-0.2, 0) is 9.47 Å². The fourth-order valence-electron chi connectivity index (χ4n) is 2.68. The van der Waals surface area contributed by atoms with Gasteiger partial charge in [0.1, 0.15) is 36.5 Å². The van der Waals surface area contributed by atoms with Crippen LogP contribution >= 0.6 is 11.8 Å². The number of ether oxygens (including phenoxy) is 2. The number of halogens is 6. The molecule has 0 saturated carbocycles. The molecule has 0 heterocycles. The minimum Gasteiger partial charge on any atom is -0.364 e. The number of rotatable bonds is 9. The third-order valence-electron chi connectivity index (χ3n) is 4.18. The van der Waals surface area contributed by atoms with Gasteiger partial charge in [-0.2, -0.15) is 13.2 Å². The van der Waals surface area contributed by atoms with E-state index in [4.69, 9.17) is 9.47 Å². The molecule has 0 bridgehead atoms. The van der Waals surface area contributed by atoms with Crippen molar-refractivity contribution in [3.05, 3.63) is 59.4 Å². The molecule has 2 aromatic carbocycles. The van der Waals surface area contributed by atoms with E-state index in [9.17, 15) is 35.9 Å². The van der Waals surface area contributed by atoms with Crippen LogP contribution in [0.2, 0.25) is 0 Å². The molecule has 34 heavy (non-hydrogen) atoms. The molecule has 0 unspecified atom stereocenters. The third-order valence-corrected chi connectivity index (χ3v) is 5.24. The Morgan fingerprint density at radius 1 is 1.00 bits per heavy atom. The summed E-state index contributed by atoms with van der Waals surface area (Å²) >= 11 is 0.339. The lowest BCUT2D eigenvalue weighted by Gasteiger charge is -2.29. The Bertz CT molecular complexity index is 1000. The first-order chi connectivity index (χ1) is 16.0. The number of alkyl halides is 3. The van der Waals surface area contributed by atoms with Gasteiger partial charge in [-0.15, -0.1) is 11.8 Å². The number of carbonyl (C=O) groups is 2. The Morgan fingerprint density at radius 2 is 1.65 bits per heavy atom. The van der Waals surface area contributed by atoms with E-state index in [0.717, 1.165) is 43.5 Å². The highest BCUT2D eigenvalue weighted by Crippen LogP contribution is 2.31. The Morgan fingerprint density at radius 3 is 2.18 bits per heavy atom. The van der Waals surface area contributed by atoms with Crippen LogP contribution < -0.4 is 4.90 Å². The molecular weight excluding hydrogens is 490 g/mol. The summed E-state index contributed by atoms with van der Waals surface area (Å²) in [6.45, 7) is 0.255. The van der Waals surface area contributed by atoms with Crippen molar-refractivity contribution in [3.8, 4) is 0 Å². The number of imide groups is 1. The highest BCUT2D eigenvalue weighted by Gasteiger charge is 2.33. The highest BCUT2D eigenvalue weighted by molar-refractivity contribution is 7.99. The number of amides is 3. The molecule has 2 rings (SSSR count). The van der Waals surface area contributed by atoms with E-state index < -0.39 is 66.0 Å². The lowest BCUT2D eigenvalue weighted by molar-refractivity contribution is -0.105. The minimum atomic E-state index is -4.47. The molecule has 0 saturated heterocycles. The monoisotopic (exact) mass is 510 g/mol. The smallest absolute Gasteiger partial charge is 0.364 e. The maximum atomic E-state index is 14.8. The summed E-state index contributed by atoms with van der Waals surface area (Å²) in [5.41, 5.74) is -1.46. The number of nitrogens with zero attached hydrogens (tertiary/aromatic N) is 2. The zero-order valence-electron chi connectivity index (χ0n) is 18.0. The molecule has 0 spiro atoms. The molecule has 0 N–H and O–H groups in total. The molecule has 2 aromatic rings. The summed E-state index contributed by atoms with van der Waals surface area (Å²) in [6.07, 6.45) is -4.47. The average molecular weight is 510 g/mol. The summed E-state index contributed by atoms with van der Waals surface area (Å²) in [5, 5.41) is 0. The van der Waals surface area contributed by atoms with E-state index in [1.807, 2.05) is 0 Å². The Hall–Kier alpha value is -2.77. The van der Waals surface area contributed by atoms with Crippen molar-refractivity contribution in [2.45, 2.75) is 18.0 Å². The standard InChI is InChI=1S/C21H20F6N2O4S/c1-3-33-12-29(19(30)18-14(22)5-4-6-15(18)23)20(31)28(11-32-2)17-8-7-13(9-16(17)24)34-10-21(25,26)27/h4-9H,3,10-12H2,1-2H3.